The molecule has 1 aliphatic rings. The van der Waals surface area contributed by atoms with Gasteiger partial charge in [-0.25, -0.2) is 0 Å². The number of benzene rings is 1. The van der Waals surface area contributed by atoms with Crippen LogP contribution in [-0.4, -0.2) is 31.4 Å². The van der Waals surface area contributed by atoms with Crippen molar-refractivity contribution in [2.45, 2.75) is 25.2 Å². The number of esters is 1. The predicted molar refractivity (Wildman–Crippen MR) is 76.7 cm³/mol. The van der Waals surface area contributed by atoms with Crippen molar-refractivity contribution in [2.75, 3.05) is 19.0 Å². The molecule has 0 aliphatic carbocycles. The van der Waals surface area contributed by atoms with Crippen LogP contribution in [0.25, 0.3) is 0 Å². The predicted octanol–water partition coefficient (Wildman–Crippen LogP) is 1.18. The number of amides is 2. The van der Waals surface area contributed by atoms with E-state index in [-0.39, 0.29) is 30.6 Å². The summed E-state index contributed by atoms with van der Waals surface area (Å²) in [6.07, 6.45) is 0.696. The lowest BCUT2D eigenvalue weighted by Gasteiger charge is -2.09. The number of hydrogen-bond donors (Lipinski definition) is 2. The number of methoxy groups -OCH3 is 1. The maximum absolute atomic E-state index is 11.9. The van der Waals surface area contributed by atoms with Crippen LogP contribution in [0.4, 0.5) is 5.69 Å². The van der Waals surface area contributed by atoms with Gasteiger partial charge in [-0.3, -0.25) is 14.4 Å². The summed E-state index contributed by atoms with van der Waals surface area (Å²) in [7, 11) is 1.29. The zero-order valence-corrected chi connectivity index (χ0v) is 11.8. The Morgan fingerprint density at radius 2 is 2.05 bits per heavy atom. The van der Waals surface area contributed by atoms with Crippen molar-refractivity contribution < 1.29 is 19.1 Å². The SMILES string of the molecule is COC(=O)CCC(=O)NCCC1C(=O)Nc2ccccc21. The standard InChI is InChI=1S/C15H18N2O4/c1-21-14(19)7-6-13(18)16-9-8-11-10-4-2-3-5-12(10)17-15(11)20/h2-5,11H,6-9H2,1H3,(H,16,18)(H,17,20). The van der Waals surface area contributed by atoms with Crippen LogP contribution in [0, 0.1) is 0 Å². The normalized spacial score (nSPS) is 16.0. The van der Waals surface area contributed by atoms with Gasteiger partial charge in [0.2, 0.25) is 11.8 Å². The zero-order chi connectivity index (χ0) is 15.2. The molecular weight excluding hydrogens is 272 g/mol. The quantitative estimate of drug-likeness (QED) is 0.771. The van der Waals surface area contributed by atoms with Gasteiger partial charge in [0.25, 0.3) is 0 Å². The van der Waals surface area contributed by atoms with Crippen LogP contribution in [0.15, 0.2) is 24.3 Å². The summed E-state index contributed by atoms with van der Waals surface area (Å²) < 4.78 is 4.47. The van der Waals surface area contributed by atoms with Crippen LogP contribution in [0.2, 0.25) is 0 Å². The Morgan fingerprint density at radius 1 is 1.29 bits per heavy atom. The van der Waals surface area contributed by atoms with Gasteiger partial charge in [-0.1, -0.05) is 18.2 Å². The van der Waals surface area contributed by atoms with Gasteiger partial charge < -0.3 is 15.4 Å². The molecule has 21 heavy (non-hydrogen) atoms. The van der Waals surface area contributed by atoms with E-state index in [2.05, 4.69) is 15.4 Å². The number of carbonyl (C=O) groups is 3. The highest BCUT2D eigenvalue weighted by Crippen LogP contribution is 2.33. The molecule has 2 amide bonds. The zero-order valence-electron chi connectivity index (χ0n) is 11.8. The Kier molecular flexibility index (Phi) is 4.92. The van der Waals surface area contributed by atoms with E-state index < -0.39 is 5.97 Å². The van der Waals surface area contributed by atoms with Gasteiger partial charge in [-0.05, 0) is 18.1 Å². The minimum Gasteiger partial charge on any atom is -0.469 e. The van der Waals surface area contributed by atoms with Crippen molar-refractivity contribution in [3.63, 3.8) is 0 Å². The number of ether oxygens (including phenoxy) is 1. The van der Waals surface area contributed by atoms with Gasteiger partial charge in [0.05, 0.1) is 19.4 Å². The average molecular weight is 290 g/mol. The minimum atomic E-state index is -0.408. The molecule has 1 heterocycles. The first kappa shape index (κ1) is 15.0. The molecule has 0 saturated carbocycles. The number of hydrogen-bond acceptors (Lipinski definition) is 4. The summed E-state index contributed by atoms with van der Waals surface area (Å²) in [6.45, 7) is 0.395. The van der Waals surface area contributed by atoms with E-state index in [0.29, 0.717) is 13.0 Å². The summed E-state index contributed by atoms with van der Waals surface area (Å²) in [5.74, 6) is -0.900. The second-order valence-corrected chi connectivity index (χ2v) is 4.84. The van der Waals surface area contributed by atoms with Gasteiger partial charge in [-0.2, -0.15) is 0 Å². The van der Waals surface area contributed by atoms with Crippen molar-refractivity contribution in [2.24, 2.45) is 0 Å². The molecule has 1 atom stereocenters. The number of nitrogens with one attached hydrogen (secondary N) is 2. The second kappa shape index (κ2) is 6.88. The molecule has 2 rings (SSSR count). The second-order valence-electron chi connectivity index (χ2n) is 4.84. The van der Waals surface area contributed by atoms with Gasteiger partial charge in [-0.15, -0.1) is 0 Å². The number of rotatable bonds is 6. The van der Waals surface area contributed by atoms with Crippen LogP contribution in [-0.2, 0) is 19.1 Å². The maximum atomic E-state index is 11.9. The van der Waals surface area contributed by atoms with E-state index in [9.17, 15) is 14.4 Å². The molecule has 0 saturated heterocycles. The van der Waals surface area contributed by atoms with Gasteiger partial charge in [0, 0.05) is 18.7 Å². The lowest BCUT2D eigenvalue weighted by atomic mass is 9.97. The average Bonchev–Trinajstić information content (AvgIpc) is 2.81. The third kappa shape index (κ3) is 3.81. The van der Waals surface area contributed by atoms with Crippen molar-refractivity contribution in [1.29, 1.82) is 0 Å². The molecule has 0 aromatic heterocycles. The smallest absolute Gasteiger partial charge is 0.306 e. The van der Waals surface area contributed by atoms with Crippen molar-refractivity contribution in [1.82, 2.24) is 5.32 Å². The Hall–Kier alpha value is -2.37. The Morgan fingerprint density at radius 3 is 2.81 bits per heavy atom. The van der Waals surface area contributed by atoms with E-state index in [1.165, 1.54) is 7.11 Å². The van der Waals surface area contributed by atoms with Gasteiger partial charge >= 0.3 is 5.97 Å². The molecule has 1 aliphatic heterocycles. The van der Waals surface area contributed by atoms with E-state index in [1.54, 1.807) is 0 Å². The van der Waals surface area contributed by atoms with Crippen molar-refractivity contribution >= 4 is 23.5 Å². The molecule has 1 aromatic carbocycles. The first-order chi connectivity index (χ1) is 10.1. The number of fused-ring (bicyclic) bond motifs is 1. The molecule has 1 unspecified atom stereocenters. The maximum Gasteiger partial charge on any atom is 0.306 e. The monoisotopic (exact) mass is 290 g/mol. The third-order valence-electron chi connectivity index (χ3n) is 3.45. The highest BCUT2D eigenvalue weighted by Gasteiger charge is 2.29. The molecule has 112 valence electrons. The Bertz CT molecular complexity index is 556. The lowest BCUT2D eigenvalue weighted by Crippen LogP contribution is -2.27. The fourth-order valence-electron chi connectivity index (χ4n) is 2.32. The van der Waals surface area contributed by atoms with Crippen LogP contribution < -0.4 is 10.6 Å². The van der Waals surface area contributed by atoms with Crippen molar-refractivity contribution in [3.05, 3.63) is 29.8 Å². The van der Waals surface area contributed by atoms with Gasteiger partial charge in [0.15, 0.2) is 0 Å². The van der Waals surface area contributed by atoms with Crippen LogP contribution in [0.3, 0.4) is 0 Å². The summed E-state index contributed by atoms with van der Waals surface area (Å²) in [5, 5.41) is 5.53. The summed E-state index contributed by atoms with van der Waals surface area (Å²) in [4.78, 5) is 34.3. The van der Waals surface area contributed by atoms with E-state index in [4.69, 9.17) is 0 Å². The van der Waals surface area contributed by atoms with Gasteiger partial charge in [0.1, 0.15) is 0 Å². The Labute approximate surface area is 122 Å². The lowest BCUT2D eigenvalue weighted by molar-refractivity contribution is -0.142. The third-order valence-corrected chi connectivity index (χ3v) is 3.45. The first-order valence-corrected chi connectivity index (χ1v) is 6.85. The van der Waals surface area contributed by atoms with E-state index in [0.717, 1.165) is 11.3 Å². The molecule has 2 N–H and O–H groups in total. The molecule has 0 radical (unpaired) electrons. The Balaban J connectivity index is 1.78. The van der Waals surface area contributed by atoms with E-state index >= 15 is 0 Å². The molecular formula is C15H18N2O4. The summed E-state index contributed by atoms with van der Waals surface area (Å²) in [6, 6.07) is 7.54. The number of anilines is 1. The largest absolute Gasteiger partial charge is 0.469 e. The summed E-state index contributed by atoms with van der Waals surface area (Å²) >= 11 is 0. The summed E-state index contributed by atoms with van der Waals surface area (Å²) in [5.41, 5.74) is 1.80. The van der Waals surface area contributed by atoms with Crippen molar-refractivity contribution in [3.8, 4) is 0 Å². The van der Waals surface area contributed by atoms with E-state index in [1.807, 2.05) is 24.3 Å². The minimum absolute atomic E-state index is 0.0417. The van der Waals surface area contributed by atoms with Crippen LogP contribution >= 0.6 is 0 Å². The number of para-hydroxylation sites is 1. The molecule has 0 spiro atoms. The number of carbonyl (C=O) groups excluding carboxylic acids is 3. The fourth-order valence-corrected chi connectivity index (χ4v) is 2.32. The molecule has 6 heteroatoms. The van der Waals surface area contributed by atoms with Crippen LogP contribution in [0.1, 0.15) is 30.7 Å². The molecule has 0 bridgehead atoms. The molecule has 6 nitrogen and oxygen atoms in total. The molecule has 1 aromatic rings. The molecule has 0 fully saturated rings. The highest BCUT2D eigenvalue weighted by molar-refractivity contribution is 6.02. The first-order valence-electron chi connectivity index (χ1n) is 6.85. The topological polar surface area (TPSA) is 84.5 Å². The fraction of sp³-hybridized carbons (Fsp3) is 0.400. The van der Waals surface area contributed by atoms with Crippen LogP contribution in [0.5, 0.6) is 0 Å². The highest BCUT2D eigenvalue weighted by atomic mass is 16.5.